The summed E-state index contributed by atoms with van der Waals surface area (Å²) in [6.07, 6.45) is 0. The molecule has 0 atom stereocenters. The van der Waals surface area contributed by atoms with Gasteiger partial charge in [-0.05, 0) is 31.2 Å². The average Bonchev–Trinajstić information content (AvgIpc) is 2.58. The van der Waals surface area contributed by atoms with Crippen molar-refractivity contribution in [3.8, 4) is 0 Å². The number of esters is 1. The van der Waals surface area contributed by atoms with E-state index in [1.165, 1.54) is 11.8 Å². The lowest BCUT2D eigenvalue weighted by Crippen LogP contribution is -2.40. The van der Waals surface area contributed by atoms with Gasteiger partial charge < -0.3 is 20.3 Å². The number of ether oxygens (including phenoxy) is 1. The first-order chi connectivity index (χ1) is 12.2. The Morgan fingerprint density at radius 1 is 1.04 bits per heavy atom. The van der Waals surface area contributed by atoms with Crippen LogP contribution >= 0.6 is 0 Å². The summed E-state index contributed by atoms with van der Waals surface area (Å²) in [6.45, 7) is 6.27. The number of hydrogen-bond acceptors (Lipinski definition) is 5. The van der Waals surface area contributed by atoms with Gasteiger partial charge in [0.05, 0.1) is 12.5 Å². The summed E-state index contributed by atoms with van der Waals surface area (Å²) in [5.74, 6) is -1.77. The van der Waals surface area contributed by atoms with Gasteiger partial charge in [0.1, 0.15) is 0 Å². The van der Waals surface area contributed by atoms with Crippen molar-refractivity contribution < 1.29 is 23.9 Å². The molecule has 0 unspecified atom stereocenters. The molecule has 26 heavy (non-hydrogen) atoms. The van der Waals surface area contributed by atoms with Crippen LogP contribution in [-0.4, -0.2) is 48.3 Å². The van der Waals surface area contributed by atoms with E-state index in [4.69, 9.17) is 4.74 Å². The minimum Gasteiger partial charge on any atom is -0.455 e. The number of rotatable bonds is 8. The zero-order valence-corrected chi connectivity index (χ0v) is 15.5. The molecular weight excluding hydrogens is 338 g/mol. The first-order valence-electron chi connectivity index (χ1n) is 8.34. The van der Waals surface area contributed by atoms with Crippen LogP contribution in [-0.2, 0) is 23.9 Å². The van der Waals surface area contributed by atoms with E-state index in [9.17, 15) is 19.2 Å². The van der Waals surface area contributed by atoms with Crippen LogP contribution in [0.5, 0.6) is 0 Å². The van der Waals surface area contributed by atoms with E-state index in [0.717, 1.165) is 0 Å². The Bertz CT molecular complexity index is 655. The lowest BCUT2D eigenvalue weighted by molar-refractivity contribution is -0.154. The second kappa shape index (κ2) is 10.2. The van der Waals surface area contributed by atoms with E-state index in [1.807, 2.05) is 0 Å². The smallest absolute Gasteiger partial charge is 0.308 e. The fourth-order valence-electron chi connectivity index (χ4n) is 1.98. The molecule has 8 heteroatoms. The lowest BCUT2D eigenvalue weighted by atomic mass is 10.2. The van der Waals surface area contributed by atoms with Crippen molar-refractivity contribution in [1.82, 2.24) is 4.90 Å². The Hall–Kier alpha value is -2.90. The standard InChI is InChI=1S/C18H25N3O5/c1-5-21(17(24)11-26-18(25)12(2)3)10-16(23)20-15-8-6-14(7-9-15)19-13(4)22/h6-9,12H,5,10-11H2,1-4H3,(H,19,22)(H,20,23). The maximum atomic E-state index is 12.1. The van der Waals surface area contributed by atoms with Gasteiger partial charge in [0.25, 0.3) is 5.91 Å². The molecule has 1 aromatic rings. The lowest BCUT2D eigenvalue weighted by Gasteiger charge is -2.20. The van der Waals surface area contributed by atoms with E-state index in [1.54, 1.807) is 45.0 Å². The highest BCUT2D eigenvalue weighted by atomic mass is 16.5. The van der Waals surface area contributed by atoms with Gasteiger partial charge in [-0.2, -0.15) is 0 Å². The predicted molar refractivity (Wildman–Crippen MR) is 97.4 cm³/mol. The third kappa shape index (κ3) is 7.33. The number of amides is 3. The van der Waals surface area contributed by atoms with Crippen LogP contribution in [0.4, 0.5) is 11.4 Å². The van der Waals surface area contributed by atoms with Crippen molar-refractivity contribution in [1.29, 1.82) is 0 Å². The minimum absolute atomic E-state index is 0.151. The zero-order chi connectivity index (χ0) is 19.7. The van der Waals surface area contributed by atoms with Crippen molar-refractivity contribution in [2.75, 3.05) is 30.3 Å². The predicted octanol–water partition coefficient (Wildman–Crippen LogP) is 1.63. The Labute approximate surface area is 152 Å². The number of hydrogen-bond donors (Lipinski definition) is 2. The number of nitrogens with zero attached hydrogens (tertiary/aromatic N) is 1. The summed E-state index contributed by atoms with van der Waals surface area (Å²) in [7, 11) is 0. The number of benzene rings is 1. The van der Waals surface area contributed by atoms with Gasteiger partial charge in [-0.1, -0.05) is 13.8 Å². The summed E-state index contributed by atoms with van der Waals surface area (Å²) in [5.41, 5.74) is 1.16. The van der Waals surface area contributed by atoms with Crippen molar-refractivity contribution in [3.05, 3.63) is 24.3 Å². The van der Waals surface area contributed by atoms with Gasteiger partial charge in [-0.3, -0.25) is 19.2 Å². The molecule has 0 fully saturated rings. The Balaban J connectivity index is 2.54. The van der Waals surface area contributed by atoms with Gasteiger partial charge in [-0.25, -0.2) is 0 Å². The second-order valence-electron chi connectivity index (χ2n) is 5.98. The number of carbonyl (C=O) groups excluding carboxylic acids is 4. The van der Waals surface area contributed by atoms with Crippen LogP contribution in [0.3, 0.4) is 0 Å². The Kier molecular flexibility index (Phi) is 8.27. The summed E-state index contributed by atoms with van der Waals surface area (Å²) in [4.78, 5) is 47.9. The highest BCUT2D eigenvalue weighted by Crippen LogP contribution is 2.13. The van der Waals surface area contributed by atoms with Crippen molar-refractivity contribution >= 4 is 35.1 Å². The molecule has 0 aliphatic heterocycles. The molecule has 0 aliphatic carbocycles. The van der Waals surface area contributed by atoms with Crippen molar-refractivity contribution in [2.45, 2.75) is 27.7 Å². The molecule has 142 valence electrons. The van der Waals surface area contributed by atoms with Crippen LogP contribution < -0.4 is 10.6 Å². The van der Waals surface area contributed by atoms with E-state index in [2.05, 4.69) is 10.6 Å². The molecule has 0 saturated heterocycles. The number of likely N-dealkylation sites (N-methyl/N-ethyl adjacent to an activating group) is 1. The van der Waals surface area contributed by atoms with Crippen molar-refractivity contribution in [2.24, 2.45) is 5.92 Å². The molecule has 1 aromatic carbocycles. The molecule has 0 aliphatic rings. The molecule has 0 spiro atoms. The molecule has 0 bridgehead atoms. The number of carbonyl (C=O) groups is 4. The van der Waals surface area contributed by atoms with E-state index < -0.39 is 11.9 Å². The van der Waals surface area contributed by atoms with Gasteiger partial charge in [0, 0.05) is 24.8 Å². The first kappa shape index (κ1) is 21.1. The highest BCUT2D eigenvalue weighted by molar-refractivity contribution is 5.95. The summed E-state index contributed by atoms with van der Waals surface area (Å²) >= 11 is 0. The van der Waals surface area contributed by atoms with Gasteiger partial charge in [-0.15, -0.1) is 0 Å². The maximum Gasteiger partial charge on any atom is 0.308 e. The summed E-state index contributed by atoms with van der Waals surface area (Å²) < 4.78 is 4.90. The quantitative estimate of drug-likeness (QED) is 0.683. The molecule has 8 nitrogen and oxygen atoms in total. The van der Waals surface area contributed by atoms with Crippen LogP contribution in [0.15, 0.2) is 24.3 Å². The largest absolute Gasteiger partial charge is 0.455 e. The normalized spacial score (nSPS) is 10.2. The molecule has 3 amide bonds. The fraction of sp³-hybridized carbons (Fsp3) is 0.444. The van der Waals surface area contributed by atoms with Gasteiger partial charge in [0.15, 0.2) is 6.61 Å². The van der Waals surface area contributed by atoms with Crippen LogP contribution in [0.2, 0.25) is 0 Å². The summed E-state index contributed by atoms with van der Waals surface area (Å²) in [6, 6.07) is 6.60. The SMILES string of the molecule is CCN(CC(=O)Nc1ccc(NC(C)=O)cc1)C(=O)COC(=O)C(C)C. The molecule has 1 rings (SSSR count). The molecule has 2 N–H and O–H groups in total. The minimum atomic E-state index is -0.460. The highest BCUT2D eigenvalue weighted by Gasteiger charge is 2.18. The molecule has 0 aromatic heterocycles. The fourth-order valence-corrected chi connectivity index (χ4v) is 1.98. The van der Waals surface area contributed by atoms with Crippen molar-refractivity contribution in [3.63, 3.8) is 0 Å². The van der Waals surface area contributed by atoms with E-state index in [-0.39, 0.29) is 30.9 Å². The van der Waals surface area contributed by atoms with Crippen LogP contribution in [0, 0.1) is 5.92 Å². The third-order valence-corrected chi connectivity index (χ3v) is 3.37. The second-order valence-corrected chi connectivity index (χ2v) is 5.98. The van der Waals surface area contributed by atoms with E-state index >= 15 is 0 Å². The van der Waals surface area contributed by atoms with Crippen LogP contribution in [0.25, 0.3) is 0 Å². The monoisotopic (exact) mass is 363 g/mol. The van der Waals surface area contributed by atoms with Gasteiger partial charge >= 0.3 is 5.97 Å². The summed E-state index contributed by atoms with van der Waals surface area (Å²) in [5, 5.41) is 5.30. The first-order valence-corrected chi connectivity index (χ1v) is 8.34. The molecular formula is C18H25N3O5. The maximum absolute atomic E-state index is 12.1. The molecule has 0 radical (unpaired) electrons. The topological polar surface area (TPSA) is 105 Å². The number of nitrogens with one attached hydrogen (secondary N) is 2. The number of anilines is 2. The Morgan fingerprint density at radius 2 is 1.58 bits per heavy atom. The third-order valence-electron chi connectivity index (χ3n) is 3.37. The zero-order valence-electron chi connectivity index (χ0n) is 15.5. The van der Waals surface area contributed by atoms with Crippen LogP contribution in [0.1, 0.15) is 27.7 Å². The van der Waals surface area contributed by atoms with Gasteiger partial charge in [0.2, 0.25) is 11.8 Å². The van der Waals surface area contributed by atoms with E-state index in [0.29, 0.717) is 17.9 Å². The molecule has 0 heterocycles. The average molecular weight is 363 g/mol. The Morgan fingerprint density at radius 3 is 2.04 bits per heavy atom. The molecule has 0 saturated carbocycles.